The van der Waals surface area contributed by atoms with E-state index in [0.29, 0.717) is 5.56 Å². The van der Waals surface area contributed by atoms with Gasteiger partial charge in [0.2, 0.25) is 0 Å². The number of furan rings is 1. The fraction of sp³-hybridized carbons (Fsp3) is 0.614. The van der Waals surface area contributed by atoms with E-state index in [1.54, 1.807) is 72.7 Å². The summed E-state index contributed by atoms with van der Waals surface area (Å²) in [5.41, 5.74) is -7.16. The normalized spacial score (nSPS) is 33.0. The van der Waals surface area contributed by atoms with Crippen molar-refractivity contribution in [3.63, 3.8) is 0 Å². The Morgan fingerprint density at radius 1 is 1.03 bits per heavy atom. The highest BCUT2D eigenvalue weighted by Crippen LogP contribution is 2.64. The lowest BCUT2D eigenvalue weighted by Gasteiger charge is -2.68. The van der Waals surface area contributed by atoms with Crippen molar-refractivity contribution < 1.29 is 72.1 Å². The molecule has 2 aromatic rings. The van der Waals surface area contributed by atoms with E-state index in [9.17, 15) is 34.5 Å². The zero-order valence-corrected chi connectivity index (χ0v) is 35.5. The quantitative estimate of drug-likeness (QED) is 0.142. The maximum Gasteiger partial charge on any atom is 0.408 e. The first kappa shape index (κ1) is 44.9. The molecule has 0 spiro atoms. The first-order valence-electron chi connectivity index (χ1n) is 20.2. The predicted molar refractivity (Wildman–Crippen MR) is 209 cm³/mol. The molecule has 60 heavy (non-hydrogen) atoms. The van der Waals surface area contributed by atoms with Crippen LogP contribution in [0.2, 0.25) is 0 Å². The van der Waals surface area contributed by atoms with Gasteiger partial charge in [-0.2, -0.15) is 0 Å². The molecule has 2 heterocycles. The van der Waals surface area contributed by atoms with Crippen molar-refractivity contribution in [3.05, 3.63) is 71.2 Å². The van der Waals surface area contributed by atoms with E-state index in [2.05, 4.69) is 5.32 Å². The number of Topliss-reactive ketones (excluding diaryl/α,β-unsaturated/α-hetero) is 1. The van der Waals surface area contributed by atoms with E-state index in [4.69, 9.17) is 32.8 Å². The number of fused-ring (bicyclic) bond motifs is 5. The molecule has 11 atom stereocenters. The smallest absolute Gasteiger partial charge is 0.408 e. The standard InChI is InChI=1S/C44H57NO15/c1-10-30(47)58-28-19-29-43(22-56-29,59-24(3)46)35-37(55-21-25-15-12-11-13-16-25)44(53)20-27(23(2)31(41(44,7)8)33(48)36(50)42(28,35)9)57-38(51)34(49)32(26-17-14-18-54-26)45-39(52)60-40(4,5)6/h11-18,27-29,32-35,37,48-49,53H,10,19-22H2,1-9H3,(H,45,52)/t27-,28?,29+,32-,33+,34+,35?,37?,42+,43-,44+/m0/s1. The number of amides is 1. The Bertz CT molecular complexity index is 1990. The van der Waals surface area contributed by atoms with Gasteiger partial charge in [0.15, 0.2) is 17.5 Å². The number of carbonyl (C=O) groups excluding carboxylic acids is 5. The number of hydrogen-bond acceptors (Lipinski definition) is 15. The molecule has 3 fully saturated rings. The van der Waals surface area contributed by atoms with E-state index in [1.807, 2.05) is 6.07 Å². The fourth-order valence-electron chi connectivity index (χ4n) is 9.79. The minimum absolute atomic E-state index is 0.00676. The molecule has 0 radical (unpaired) electrons. The minimum Gasteiger partial charge on any atom is -0.467 e. The fourth-order valence-corrected chi connectivity index (χ4v) is 9.79. The number of benzene rings is 1. The van der Waals surface area contributed by atoms with Crippen LogP contribution in [0.4, 0.5) is 4.79 Å². The zero-order chi connectivity index (χ0) is 44.2. The molecular formula is C44H57NO15. The molecule has 6 rings (SSSR count). The summed E-state index contributed by atoms with van der Waals surface area (Å²) in [6.07, 6.45) is -9.23. The number of carbonyl (C=O) groups is 5. The van der Waals surface area contributed by atoms with Crippen molar-refractivity contribution >= 4 is 29.8 Å². The van der Waals surface area contributed by atoms with E-state index in [1.165, 1.54) is 32.2 Å². The number of rotatable bonds is 11. The van der Waals surface area contributed by atoms with Crippen LogP contribution in [0.3, 0.4) is 0 Å². The second kappa shape index (κ2) is 16.3. The van der Waals surface area contributed by atoms with Gasteiger partial charge in [0.05, 0.1) is 31.0 Å². The van der Waals surface area contributed by atoms with Crippen LogP contribution >= 0.6 is 0 Å². The average Bonchev–Trinajstić information content (AvgIpc) is 3.70. The van der Waals surface area contributed by atoms with Crippen LogP contribution in [0.15, 0.2) is 64.3 Å². The summed E-state index contributed by atoms with van der Waals surface area (Å²) in [6.45, 7) is 13.8. The van der Waals surface area contributed by atoms with Crippen molar-refractivity contribution in [1.82, 2.24) is 5.32 Å². The van der Waals surface area contributed by atoms with Gasteiger partial charge in [-0.3, -0.25) is 14.4 Å². The van der Waals surface area contributed by atoms with Crippen LogP contribution in [-0.4, -0.2) is 105 Å². The molecule has 3 unspecified atom stereocenters. The van der Waals surface area contributed by atoms with Crippen LogP contribution < -0.4 is 5.32 Å². The maximum absolute atomic E-state index is 15.4. The predicted octanol–water partition coefficient (Wildman–Crippen LogP) is 4.17. The lowest BCUT2D eigenvalue weighted by atomic mass is 9.44. The number of esters is 3. The minimum atomic E-state index is -2.17. The molecular weight excluding hydrogens is 782 g/mol. The van der Waals surface area contributed by atoms with Crippen LogP contribution in [0, 0.1) is 16.7 Å². The molecule has 16 heteroatoms. The van der Waals surface area contributed by atoms with Crippen molar-refractivity contribution in [2.24, 2.45) is 16.7 Å². The highest BCUT2D eigenvalue weighted by Gasteiger charge is 2.78. The summed E-state index contributed by atoms with van der Waals surface area (Å²) in [5.74, 6) is -4.69. The van der Waals surface area contributed by atoms with Crippen molar-refractivity contribution in [2.75, 3.05) is 6.61 Å². The Labute approximate surface area is 348 Å². The van der Waals surface area contributed by atoms with E-state index in [-0.39, 0.29) is 43.0 Å². The largest absolute Gasteiger partial charge is 0.467 e. The molecule has 3 aliphatic carbocycles. The van der Waals surface area contributed by atoms with Gasteiger partial charge in [-0.05, 0) is 63.5 Å². The maximum atomic E-state index is 15.4. The second-order valence-corrected chi connectivity index (χ2v) is 18.0. The van der Waals surface area contributed by atoms with Crippen LogP contribution in [-0.2, 0) is 54.2 Å². The number of aliphatic hydroxyl groups excluding tert-OH is 2. The number of nitrogens with one attached hydrogen (secondary N) is 1. The highest BCUT2D eigenvalue weighted by molar-refractivity contribution is 5.94. The molecule has 4 aliphatic rings. The van der Waals surface area contributed by atoms with E-state index in [0.717, 1.165) is 0 Å². The lowest BCUT2D eigenvalue weighted by Crippen LogP contribution is -2.82. The third kappa shape index (κ3) is 7.76. The Morgan fingerprint density at radius 3 is 2.28 bits per heavy atom. The molecule has 2 saturated carbocycles. The number of alkyl carbamates (subject to hydrolysis) is 1. The van der Waals surface area contributed by atoms with Gasteiger partial charge in [-0.15, -0.1) is 0 Å². The van der Waals surface area contributed by atoms with Crippen LogP contribution in [0.25, 0.3) is 0 Å². The monoisotopic (exact) mass is 839 g/mol. The SMILES string of the molecule is CCC(=O)OC1C[C@H]2OC[C@@]2(OC(C)=O)C2C(OCc3ccccc3)[C@]3(O)C[C@H](OC(=O)[C@H](O)[C@@H](NC(=O)OC(C)(C)C)c4ccco4)C(C)=C([C@@H](O)C(=O)[C@]12C)C3(C)C. The van der Waals surface area contributed by atoms with Gasteiger partial charge in [-0.25, -0.2) is 9.59 Å². The summed E-state index contributed by atoms with van der Waals surface area (Å²) in [7, 11) is 0. The van der Waals surface area contributed by atoms with Crippen molar-refractivity contribution in [1.29, 1.82) is 0 Å². The molecule has 1 amide bonds. The molecule has 4 N–H and O–H groups in total. The molecule has 1 aliphatic heterocycles. The Balaban J connectivity index is 1.50. The van der Waals surface area contributed by atoms with Gasteiger partial charge in [0.25, 0.3) is 0 Å². The Kier molecular flexibility index (Phi) is 12.2. The van der Waals surface area contributed by atoms with Gasteiger partial charge in [-0.1, -0.05) is 51.1 Å². The summed E-state index contributed by atoms with van der Waals surface area (Å²) >= 11 is 0. The molecule has 328 valence electrons. The zero-order valence-electron chi connectivity index (χ0n) is 35.5. The number of ether oxygens (including phenoxy) is 6. The Morgan fingerprint density at radius 2 is 1.72 bits per heavy atom. The Hall–Kier alpha value is -4.61. The summed E-state index contributed by atoms with van der Waals surface area (Å²) in [5, 5.41) is 40.0. The average molecular weight is 840 g/mol. The van der Waals surface area contributed by atoms with Crippen molar-refractivity contribution in [2.45, 2.75) is 148 Å². The number of ketones is 1. The van der Waals surface area contributed by atoms with E-state index < -0.39 is 112 Å². The molecule has 1 saturated heterocycles. The summed E-state index contributed by atoms with van der Waals surface area (Å²) in [4.78, 5) is 68.4. The van der Waals surface area contributed by atoms with Gasteiger partial charge in [0, 0.05) is 37.5 Å². The highest BCUT2D eigenvalue weighted by atomic mass is 16.6. The molecule has 16 nitrogen and oxygen atoms in total. The molecule has 1 aromatic carbocycles. The first-order valence-corrected chi connectivity index (χ1v) is 20.2. The number of hydrogen-bond donors (Lipinski definition) is 4. The van der Waals surface area contributed by atoms with Gasteiger partial charge < -0.3 is 53.5 Å². The third-order valence-corrected chi connectivity index (χ3v) is 12.8. The van der Waals surface area contributed by atoms with Gasteiger partial charge in [0.1, 0.15) is 47.4 Å². The summed E-state index contributed by atoms with van der Waals surface area (Å²) < 4.78 is 41.8. The number of aliphatic hydroxyl groups is 3. The van der Waals surface area contributed by atoms with Crippen LogP contribution in [0.5, 0.6) is 0 Å². The first-order chi connectivity index (χ1) is 28.0. The summed E-state index contributed by atoms with van der Waals surface area (Å²) in [6, 6.07) is 10.5. The van der Waals surface area contributed by atoms with Gasteiger partial charge >= 0.3 is 24.0 Å². The topological polar surface area (TPSA) is 227 Å². The molecule has 1 aromatic heterocycles. The van der Waals surface area contributed by atoms with E-state index >= 15 is 4.79 Å². The third-order valence-electron chi connectivity index (χ3n) is 12.8. The second-order valence-electron chi connectivity index (χ2n) is 18.0. The van der Waals surface area contributed by atoms with Crippen LogP contribution in [0.1, 0.15) is 98.9 Å². The van der Waals surface area contributed by atoms with Crippen molar-refractivity contribution in [3.8, 4) is 0 Å². The molecule has 2 bridgehead atoms. The lowest BCUT2D eigenvalue weighted by molar-refractivity contribution is -0.352.